The molecule has 0 spiro atoms. The van der Waals surface area contributed by atoms with E-state index in [-0.39, 0.29) is 0 Å². The van der Waals surface area contributed by atoms with E-state index in [9.17, 15) is 0 Å². The highest BCUT2D eigenvalue weighted by Crippen LogP contribution is 2.28. The van der Waals surface area contributed by atoms with Gasteiger partial charge >= 0.3 is 0 Å². The molecular formula is C14H15Cl2N7O. The van der Waals surface area contributed by atoms with Crippen LogP contribution in [0.4, 0.5) is 17.3 Å². The van der Waals surface area contributed by atoms with Crippen molar-refractivity contribution in [3.63, 3.8) is 0 Å². The fourth-order valence-corrected chi connectivity index (χ4v) is 2.25. The number of rotatable bonds is 6. The number of aromatic nitrogens is 4. The van der Waals surface area contributed by atoms with Crippen LogP contribution in [0.3, 0.4) is 0 Å². The van der Waals surface area contributed by atoms with Crippen LogP contribution in [0.2, 0.25) is 10.0 Å². The third-order valence-electron chi connectivity index (χ3n) is 3.15. The van der Waals surface area contributed by atoms with Gasteiger partial charge in [0.25, 0.3) is 0 Å². The summed E-state index contributed by atoms with van der Waals surface area (Å²) in [7, 11) is 3.99. The van der Waals surface area contributed by atoms with Gasteiger partial charge in [-0.05, 0) is 42.6 Å². The van der Waals surface area contributed by atoms with Crippen molar-refractivity contribution in [2.45, 2.75) is 0 Å². The van der Waals surface area contributed by atoms with Gasteiger partial charge in [0.05, 0.1) is 10.0 Å². The summed E-state index contributed by atoms with van der Waals surface area (Å²) < 4.78 is 4.68. The zero-order valence-electron chi connectivity index (χ0n) is 13.0. The standard InChI is InChI=1S/C14H15Cl2N7O/c1-23(2)6-5-17-11-12(20-14-13(19-11)21-24-22-14)18-8-3-4-9(15)10(16)7-8/h3-4,7H,5-6H2,1-2H3,(H,17,19,21)(H,18,20,22). The number of nitrogens with zero attached hydrogens (tertiary/aromatic N) is 5. The lowest BCUT2D eigenvalue weighted by Crippen LogP contribution is -2.21. The van der Waals surface area contributed by atoms with Gasteiger partial charge in [-0.25, -0.2) is 14.6 Å². The molecule has 1 aromatic carbocycles. The first-order valence-corrected chi connectivity index (χ1v) is 7.89. The summed E-state index contributed by atoms with van der Waals surface area (Å²) in [6.45, 7) is 1.53. The van der Waals surface area contributed by atoms with Gasteiger partial charge in [0, 0.05) is 18.8 Å². The van der Waals surface area contributed by atoms with E-state index < -0.39 is 0 Å². The summed E-state index contributed by atoms with van der Waals surface area (Å²) in [5, 5.41) is 14.7. The van der Waals surface area contributed by atoms with Crippen LogP contribution in [0.15, 0.2) is 22.8 Å². The number of halogens is 2. The summed E-state index contributed by atoms with van der Waals surface area (Å²) >= 11 is 12.0. The Balaban J connectivity index is 1.89. The van der Waals surface area contributed by atoms with Crippen molar-refractivity contribution in [2.24, 2.45) is 0 Å². The SMILES string of the molecule is CN(C)CCNc1nc2nonc2nc1Nc1ccc(Cl)c(Cl)c1. The van der Waals surface area contributed by atoms with E-state index in [0.717, 1.165) is 12.2 Å². The van der Waals surface area contributed by atoms with E-state index in [4.69, 9.17) is 23.2 Å². The molecule has 0 fully saturated rings. The Kier molecular flexibility index (Phi) is 4.98. The molecule has 8 nitrogen and oxygen atoms in total. The summed E-state index contributed by atoms with van der Waals surface area (Å²) in [4.78, 5) is 10.8. The van der Waals surface area contributed by atoms with Crippen LogP contribution < -0.4 is 10.6 Å². The normalized spacial score (nSPS) is 11.2. The Bertz CT molecular complexity index is 852. The summed E-state index contributed by atoms with van der Waals surface area (Å²) in [6.07, 6.45) is 0. The topological polar surface area (TPSA) is 92.0 Å². The molecular weight excluding hydrogens is 353 g/mol. The first-order chi connectivity index (χ1) is 11.5. The Morgan fingerprint density at radius 3 is 2.42 bits per heavy atom. The number of nitrogens with one attached hydrogen (secondary N) is 2. The Hall–Kier alpha value is -2.16. The van der Waals surface area contributed by atoms with Gasteiger partial charge in [-0.15, -0.1) is 0 Å². The lowest BCUT2D eigenvalue weighted by atomic mass is 10.3. The predicted molar refractivity (Wildman–Crippen MR) is 94.2 cm³/mol. The molecule has 0 bridgehead atoms. The van der Waals surface area contributed by atoms with Crippen LogP contribution in [0.25, 0.3) is 11.3 Å². The molecule has 0 saturated carbocycles. The molecule has 0 saturated heterocycles. The number of fused-ring (bicyclic) bond motifs is 1. The molecule has 10 heteroatoms. The van der Waals surface area contributed by atoms with Crippen molar-refractivity contribution in [2.75, 3.05) is 37.8 Å². The van der Waals surface area contributed by atoms with Crippen LogP contribution in [0.1, 0.15) is 0 Å². The minimum absolute atomic E-state index is 0.315. The molecule has 0 amide bonds. The molecule has 3 aromatic rings. The minimum Gasteiger partial charge on any atom is -0.366 e. The van der Waals surface area contributed by atoms with Gasteiger partial charge in [-0.1, -0.05) is 23.2 Å². The molecule has 2 heterocycles. The summed E-state index contributed by atoms with van der Waals surface area (Å²) in [6, 6.07) is 5.21. The van der Waals surface area contributed by atoms with E-state index in [1.165, 1.54) is 0 Å². The van der Waals surface area contributed by atoms with Crippen molar-refractivity contribution >= 4 is 51.8 Å². The molecule has 2 aromatic heterocycles. The fraction of sp³-hybridized carbons (Fsp3) is 0.286. The van der Waals surface area contributed by atoms with E-state index in [0.29, 0.717) is 39.5 Å². The molecule has 24 heavy (non-hydrogen) atoms. The molecule has 0 aliphatic carbocycles. The Labute approximate surface area is 148 Å². The van der Waals surface area contributed by atoms with Crippen molar-refractivity contribution < 1.29 is 4.63 Å². The maximum atomic E-state index is 6.05. The van der Waals surface area contributed by atoms with Crippen molar-refractivity contribution in [3.05, 3.63) is 28.2 Å². The van der Waals surface area contributed by atoms with Gasteiger partial charge in [0.2, 0.25) is 11.3 Å². The van der Waals surface area contributed by atoms with Crippen LogP contribution in [0.5, 0.6) is 0 Å². The number of likely N-dealkylation sites (N-methyl/N-ethyl adjacent to an activating group) is 1. The van der Waals surface area contributed by atoms with Crippen LogP contribution in [-0.2, 0) is 0 Å². The Morgan fingerprint density at radius 2 is 1.75 bits per heavy atom. The number of benzene rings is 1. The molecule has 2 N–H and O–H groups in total. The lowest BCUT2D eigenvalue weighted by molar-refractivity contribution is 0.314. The highest BCUT2D eigenvalue weighted by molar-refractivity contribution is 6.42. The van der Waals surface area contributed by atoms with Crippen molar-refractivity contribution in [1.82, 2.24) is 25.2 Å². The van der Waals surface area contributed by atoms with E-state index in [1.807, 2.05) is 14.1 Å². The molecule has 126 valence electrons. The van der Waals surface area contributed by atoms with Crippen LogP contribution in [0, 0.1) is 0 Å². The largest absolute Gasteiger partial charge is 0.366 e. The second-order valence-electron chi connectivity index (χ2n) is 5.32. The summed E-state index contributed by atoms with van der Waals surface area (Å²) in [5.41, 5.74) is 1.38. The minimum atomic E-state index is 0.315. The zero-order valence-corrected chi connectivity index (χ0v) is 14.6. The second-order valence-corrected chi connectivity index (χ2v) is 6.13. The fourth-order valence-electron chi connectivity index (χ4n) is 1.96. The molecule has 0 aliphatic heterocycles. The van der Waals surface area contributed by atoms with Crippen molar-refractivity contribution in [3.8, 4) is 0 Å². The van der Waals surface area contributed by atoms with E-state index >= 15 is 0 Å². The van der Waals surface area contributed by atoms with Gasteiger partial charge < -0.3 is 15.5 Å². The van der Waals surface area contributed by atoms with Gasteiger partial charge in [-0.3, -0.25) is 0 Å². The van der Waals surface area contributed by atoms with E-state index in [1.54, 1.807) is 18.2 Å². The van der Waals surface area contributed by atoms with Crippen LogP contribution in [-0.4, -0.2) is 52.4 Å². The first-order valence-electron chi connectivity index (χ1n) is 7.14. The number of hydrogen-bond donors (Lipinski definition) is 2. The average molecular weight is 368 g/mol. The Morgan fingerprint density at radius 1 is 1.04 bits per heavy atom. The lowest BCUT2D eigenvalue weighted by Gasteiger charge is -2.14. The molecule has 0 unspecified atom stereocenters. The maximum Gasteiger partial charge on any atom is 0.245 e. The average Bonchev–Trinajstić information content (AvgIpc) is 2.98. The highest BCUT2D eigenvalue weighted by atomic mass is 35.5. The van der Waals surface area contributed by atoms with Gasteiger partial charge in [0.15, 0.2) is 11.6 Å². The summed E-state index contributed by atoms with van der Waals surface area (Å²) in [5.74, 6) is 1.04. The van der Waals surface area contributed by atoms with Gasteiger partial charge in [-0.2, -0.15) is 0 Å². The third kappa shape index (κ3) is 3.84. The first kappa shape index (κ1) is 16.7. The van der Waals surface area contributed by atoms with Crippen LogP contribution >= 0.6 is 23.2 Å². The number of hydrogen-bond acceptors (Lipinski definition) is 8. The predicted octanol–water partition coefficient (Wildman–Crippen LogP) is 3.04. The molecule has 0 atom stereocenters. The third-order valence-corrected chi connectivity index (χ3v) is 3.89. The second kappa shape index (κ2) is 7.16. The molecule has 3 rings (SSSR count). The molecule has 0 radical (unpaired) electrons. The number of anilines is 3. The quantitative estimate of drug-likeness (QED) is 0.686. The highest BCUT2D eigenvalue weighted by Gasteiger charge is 2.13. The molecule has 0 aliphatic rings. The monoisotopic (exact) mass is 367 g/mol. The zero-order chi connectivity index (χ0) is 17.1. The van der Waals surface area contributed by atoms with E-state index in [2.05, 4.69) is 40.4 Å². The van der Waals surface area contributed by atoms with Crippen molar-refractivity contribution in [1.29, 1.82) is 0 Å². The van der Waals surface area contributed by atoms with Gasteiger partial charge in [0.1, 0.15) is 0 Å². The maximum absolute atomic E-state index is 6.05. The smallest absolute Gasteiger partial charge is 0.245 e.